The van der Waals surface area contributed by atoms with E-state index >= 15 is 0 Å². The van der Waals surface area contributed by atoms with Gasteiger partial charge in [-0.05, 0) is 18.2 Å². The van der Waals surface area contributed by atoms with Crippen LogP contribution in [0.3, 0.4) is 0 Å². The zero-order valence-corrected chi connectivity index (χ0v) is 12.0. The first-order chi connectivity index (χ1) is 8.94. The lowest BCUT2D eigenvalue weighted by molar-refractivity contribution is -0.172. The third-order valence-electron chi connectivity index (χ3n) is 2.14. The molecule has 0 atom stereocenters. The highest BCUT2D eigenvalue weighted by Gasteiger charge is 2.27. The molecule has 0 radical (unpaired) electrons. The van der Waals surface area contributed by atoms with Gasteiger partial charge in [-0.2, -0.15) is 13.2 Å². The van der Waals surface area contributed by atoms with E-state index in [1.165, 1.54) is 11.3 Å². The molecule has 8 heteroatoms. The van der Waals surface area contributed by atoms with Gasteiger partial charge in [0.1, 0.15) is 6.61 Å². The number of hydrogen-bond donors (Lipinski definition) is 1. The van der Waals surface area contributed by atoms with Crippen molar-refractivity contribution in [2.75, 3.05) is 25.1 Å². The summed E-state index contributed by atoms with van der Waals surface area (Å²) in [6.07, 6.45) is -4.28. The second kappa shape index (κ2) is 6.06. The molecule has 0 amide bonds. The summed E-state index contributed by atoms with van der Waals surface area (Å²) in [5.74, 6) is 0. The van der Waals surface area contributed by atoms with Gasteiger partial charge in [-0.15, -0.1) is 0 Å². The molecular weight excluding hydrogens is 345 g/mol. The van der Waals surface area contributed by atoms with E-state index in [0.717, 1.165) is 14.7 Å². The number of nitrogens with one attached hydrogen (secondary N) is 1. The monoisotopic (exact) mass is 354 g/mol. The molecule has 0 saturated carbocycles. The quantitative estimate of drug-likeness (QED) is 0.822. The minimum absolute atomic E-state index is 0.0148. The van der Waals surface area contributed by atoms with Crippen molar-refractivity contribution in [2.24, 2.45) is 0 Å². The van der Waals surface area contributed by atoms with Crippen LogP contribution < -0.4 is 5.32 Å². The molecule has 2 rings (SSSR count). The Bertz CT molecular complexity index is 558. The van der Waals surface area contributed by atoms with Crippen molar-refractivity contribution in [2.45, 2.75) is 6.18 Å². The van der Waals surface area contributed by atoms with Crippen molar-refractivity contribution < 1.29 is 17.9 Å². The second-order valence-electron chi connectivity index (χ2n) is 3.73. The molecule has 0 unspecified atom stereocenters. The smallest absolute Gasteiger partial charge is 0.370 e. The topological polar surface area (TPSA) is 34.1 Å². The molecular formula is C11H10BrF3N2OS. The molecule has 1 aromatic heterocycles. The van der Waals surface area contributed by atoms with Crippen molar-refractivity contribution in [1.82, 2.24) is 4.98 Å². The summed E-state index contributed by atoms with van der Waals surface area (Å²) in [7, 11) is 0. The molecule has 0 spiro atoms. The van der Waals surface area contributed by atoms with Gasteiger partial charge >= 0.3 is 6.18 Å². The predicted molar refractivity (Wildman–Crippen MR) is 72.7 cm³/mol. The third kappa shape index (κ3) is 4.63. The predicted octanol–water partition coefficient (Wildman–Crippen LogP) is 4.05. The summed E-state index contributed by atoms with van der Waals surface area (Å²) < 4.78 is 41.9. The van der Waals surface area contributed by atoms with Crippen LogP contribution in [-0.4, -0.2) is 30.9 Å². The molecule has 1 N–H and O–H groups in total. The number of aromatic nitrogens is 1. The third-order valence-corrected chi connectivity index (χ3v) is 3.63. The molecule has 0 aliphatic rings. The summed E-state index contributed by atoms with van der Waals surface area (Å²) in [5.41, 5.74) is 0.845. The zero-order chi connectivity index (χ0) is 13.9. The van der Waals surface area contributed by atoms with Crippen molar-refractivity contribution in [1.29, 1.82) is 0 Å². The van der Waals surface area contributed by atoms with Gasteiger partial charge in [0.25, 0.3) is 0 Å². The summed E-state index contributed by atoms with van der Waals surface area (Å²) in [6.45, 7) is -0.947. The van der Waals surface area contributed by atoms with E-state index in [1.807, 2.05) is 18.2 Å². The highest BCUT2D eigenvalue weighted by molar-refractivity contribution is 9.10. The number of benzene rings is 1. The van der Waals surface area contributed by atoms with Crippen LogP contribution in [0.4, 0.5) is 18.3 Å². The highest BCUT2D eigenvalue weighted by Crippen LogP contribution is 2.27. The van der Waals surface area contributed by atoms with Crippen molar-refractivity contribution in [3.8, 4) is 0 Å². The van der Waals surface area contributed by atoms with E-state index in [9.17, 15) is 13.2 Å². The fourth-order valence-electron chi connectivity index (χ4n) is 1.39. The molecule has 104 valence electrons. The van der Waals surface area contributed by atoms with Crippen LogP contribution in [0.1, 0.15) is 0 Å². The van der Waals surface area contributed by atoms with Crippen LogP contribution in [-0.2, 0) is 4.74 Å². The average Bonchev–Trinajstić information content (AvgIpc) is 2.68. The number of ether oxygens (including phenoxy) is 1. The number of fused-ring (bicyclic) bond motifs is 1. The molecule has 1 heterocycles. The highest BCUT2D eigenvalue weighted by atomic mass is 79.9. The lowest BCUT2D eigenvalue weighted by atomic mass is 10.3. The molecule has 2 aromatic rings. The van der Waals surface area contributed by atoms with Crippen LogP contribution >= 0.6 is 27.3 Å². The largest absolute Gasteiger partial charge is 0.411 e. The Morgan fingerprint density at radius 2 is 2.16 bits per heavy atom. The van der Waals surface area contributed by atoms with E-state index in [0.29, 0.717) is 5.13 Å². The maximum Gasteiger partial charge on any atom is 0.411 e. The lowest BCUT2D eigenvalue weighted by Crippen LogP contribution is -2.20. The van der Waals surface area contributed by atoms with Gasteiger partial charge in [-0.3, -0.25) is 0 Å². The van der Waals surface area contributed by atoms with Crippen molar-refractivity contribution in [3.05, 3.63) is 22.7 Å². The van der Waals surface area contributed by atoms with Crippen LogP contribution in [0, 0.1) is 0 Å². The Morgan fingerprint density at radius 3 is 2.89 bits per heavy atom. The fourth-order valence-corrected chi connectivity index (χ4v) is 2.61. The van der Waals surface area contributed by atoms with Gasteiger partial charge in [0.2, 0.25) is 0 Å². The standard InChI is InChI=1S/C11H10BrF3N2OS/c12-7-1-2-9-8(5-7)17-10(19-9)16-3-4-18-6-11(13,14)15/h1-2,5H,3-4,6H2,(H,16,17). The van der Waals surface area contributed by atoms with Crippen molar-refractivity contribution in [3.63, 3.8) is 0 Å². The van der Waals surface area contributed by atoms with Gasteiger partial charge in [-0.1, -0.05) is 27.3 Å². The maximum absolute atomic E-state index is 11.8. The molecule has 0 aliphatic heterocycles. The Labute approximate surface area is 119 Å². The Morgan fingerprint density at radius 1 is 1.37 bits per heavy atom. The number of anilines is 1. The van der Waals surface area contributed by atoms with E-state index in [1.54, 1.807) is 0 Å². The van der Waals surface area contributed by atoms with Gasteiger partial charge in [0, 0.05) is 11.0 Å². The van der Waals surface area contributed by atoms with E-state index in [2.05, 4.69) is 31.0 Å². The minimum atomic E-state index is -4.28. The summed E-state index contributed by atoms with van der Waals surface area (Å²) >= 11 is 4.80. The fraction of sp³-hybridized carbons (Fsp3) is 0.364. The summed E-state index contributed by atoms with van der Waals surface area (Å²) in [6, 6.07) is 5.73. The van der Waals surface area contributed by atoms with Crippen LogP contribution in [0.5, 0.6) is 0 Å². The Balaban J connectivity index is 1.82. The normalized spacial score (nSPS) is 12.0. The van der Waals surface area contributed by atoms with Gasteiger partial charge in [0.15, 0.2) is 5.13 Å². The maximum atomic E-state index is 11.8. The number of halogens is 4. The van der Waals surface area contributed by atoms with E-state index in [-0.39, 0.29) is 13.2 Å². The molecule has 0 bridgehead atoms. The number of rotatable bonds is 5. The number of thiazole rings is 1. The van der Waals surface area contributed by atoms with E-state index < -0.39 is 12.8 Å². The van der Waals surface area contributed by atoms with Crippen molar-refractivity contribution >= 4 is 42.6 Å². The molecule has 1 aromatic carbocycles. The van der Waals surface area contributed by atoms with Gasteiger partial charge in [-0.25, -0.2) is 4.98 Å². The molecule has 0 aliphatic carbocycles. The zero-order valence-electron chi connectivity index (χ0n) is 9.63. The number of nitrogens with zero attached hydrogens (tertiary/aromatic N) is 1. The first-order valence-electron chi connectivity index (χ1n) is 5.38. The summed E-state index contributed by atoms with van der Waals surface area (Å²) in [5, 5.41) is 3.61. The Hall–Kier alpha value is -0.860. The average molecular weight is 355 g/mol. The molecule has 19 heavy (non-hydrogen) atoms. The molecule has 0 saturated heterocycles. The number of hydrogen-bond acceptors (Lipinski definition) is 4. The molecule has 0 fully saturated rings. The number of alkyl halides is 3. The van der Waals surface area contributed by atoms with Gasteiger partial charge < -0.3 is 10.1 Å². The second-order valence-corrected chi connectivity index (χ2v) is 5.67. The first kappa shape index (κ1) is 14.5. The minimum Gasteiger partial charge on any atom is -0.370 e. The van der Waals surface area contributed by atoms with Crippen LogP contribution in [0.15, 0.2) is 22.7 Å². The SMILES string of the molecule is FC(F)(F)COCCNc1nc2cc(Br)ccc2s1. The van der Waals surface area contributed by atoms with Crippen LogP contribution in [0.25, 0.3) is 10.2 Å². The van der Waals surface area contributed by atoms with Crippen LogP contribution in [0.2, 0.25) is 0 Å². The Kier molecular flexibility index (Phi) is 4.64. The first-order valence-corrected chi connectivity index (χ1v) is 6.99. The lowest BCUT2D eigenvalue weighted by Gasteiger charge is -2.07. The summed E-state index contributed by atoms with van der Waals surface area (Å²) in [4.78, 5) is 4.32. The van der Waals surface area contributed by atoms with Gasteiger partial charge in [0.05, 0.1) is 16.8 Å². The van der Waals surface area contributed by atoms with E-state index in [4.69, 9.17) is 0 Å². The molecule has 3 nitrogen and oxygen atoms in total.